The first-order valence-electron chi connectivity index (χ1n) is 7.48. The van der Waals surface area contributed by atoms with Gasteiger partial charge in [-0.05, 0) is 19.9 Å². The Bertz CT molecular complexity index is 926. The number of aromatic nitrogens is 4. The van der Waals surface area contributed by atoms with Crippen LogP contribution in [0.4, 0.5) is 5.82 Å². The number of carbonyl (C=O) groups excluding carboxylic acids is 1. The zero-order valence-corrected chi connectivity index (χ0v) is 13.0. The van der Waals surface area contributed by atoms with E-state index >= 15 is 0 Å². The van der Waals surface area contributed by atoms with Gasteiger partial charge in [0.05, 0.1) is 11.6 Å². The van der Waals surface area contributed by atoms with Crippen LogP contribution < -0.4 is 10.9 Å². The van der Waals surface area contributed by atoms with Gasteiger partial charge in [0, 0.05) is 24.5 Å². The van der Waals surface area contributed by atoms with Crippen LogP contribution in [-0.2, 0) is 13.1 Å². The molecule has 1 aromatic carbocycles. The lowest BCUT2D eigenvalue weighted by Gasteiger charge is -2.10. The maximum absolute atomic E-state index is 12.6. The second-order valence-corrected chi connectivity index (χ2v) is 5.00. The number of rotatable bonds is 4. The monoisotopic (exact) mass is 311 g/mol. The lowest BCUT2D eigenvalue weighted by Crippen LogP contribution is -2.27. The van der Waals surface area contributed by atoms with Gasteiger partial charge in [0.2, 0.25) is 0 Å². The second-order valence-electron chi connectivity index (χ2n) is 5.00. The van der Waals surface area contributed by atoms with Crippen molar-refractivity contribution in [3.63, 3.8) is 0 Å². The minimum atomic E-state index is -0.362. The highest BCUT2D eigenvalue weighted by molar-refractivity contribution is 6.10. The van der Waals surface area contributed by atoms with Gasteiger partial charge in [-0.1, -0.05) is 18.2 Å². The van der Waals surface area contributed by atoms with E-state index < -0.39 is 0 Å². The maximum atomic E-state index is 12.6. The number of benzene rings is 1. The molecule has 7 nitrogen and oxygen atoms in total. The third-order valence-corrected chi connectivity index (χ3v) is 3.64. The standard InChI is InChI=1S/C16H17N5O2/c1-3-20-13(9-10-17-20)18-15(22)14-11-7-5-6-8-12(11)16(23)21(4-2)19-14/h5-10H,3-4H2,1-2H3,(H,18,22). The molecule has 3 aromatic rings. The Kier molecular flexibility index (Phi) is 3.92. The van der Waals surface area contributed by atoms with Crippen LogP contribution in [0.15, 0.2) is 41.3 Å². The van der Waals surface area contributed by atoms with Gasteiger partial charge < -0.3 is 5.32 Å². The van der Waals surface area contributed by atoms with Gasteiger partial charge in [0.15, 0.2) is 5.69 Å². The highest BCUT2D eigenvalue weighted by Crippen LogP contribution is 2.15. The number of carbonyl (C=O) groups is 1. The lowest BCUT2D eigenvalue weighted by molar-refractivity contribution is 0.102. The molecular weight excluding hydrogens is 294 g/mol. The van der Waals surface area contributed by atoms with Gasteiger partial charge in [-0.25, -0.2) is 9.36 Å². The number of nitrogens with zero attached hydrogens (tertiary/aromatic N) is 4. The molecule has 1 amide bonds. The Hall–Kier alpha value is -2.96. The van der Waals surface area contributed by atoms with Gasteiger partial charge >= 0.3 is 0 Å². The van der Waals surface area contributed by atoms with Gasteiger partial charge in [0.1, 0.15) is 5.82 Å². The molecule has 0 saturated carbocycles. The molecule has 0 bridgehead atoms. The fourth-order valence-corrected chi connectivity index (χ4v) is 2.48. The van der Waals surface area contributed by atoms with Crippen LogP contribution in [0.1, 0.15) is 24.3 Å². The topological polar surface area (TPSA) is 81.8 Å². The average molecular weight is 311 g/mol. The molecule has 2 aromatic heterocycles. The molecule has 118 valence electrons. The fraction of sp³-hybridized carbons (Fsp3) is 0.250. The predicted octanol–water partition coefficient (Wildman–Crippen LogP) is 1.89. The number of fused-ring (bicyclic) bond motifs is 1. The van der Waals surface area contributed by atoms with Crippen molar-refractivity contribution in [2.45, 2.75) is 26.9 Å². The summed E-state index contributed by atoms with van der Waals surface area (Å²) in [6, 6.07) is 8.72. The van der Waals surface area contributed by atoms with E-state index in [0.717, 1.165) is 0 Å². The van der Waals surface area contributed by atoms with E-state index in [1.165, 1.54) is 4.68 Å². The molecule has 0 unspecified atom stereocenters. The summed E-state index contributed by atoms with van der Waals surface area (Å²) in [6.07, 6.45) is 1.62. The number of hydrogen-bond acceptors (Lipinski definition) is 4. The SMILES string of the molecule is CCn1nccc1NC(=O)c1nn(CC)c(=O)c2ccccc12. The van der Waals surface area contributed by atoms with Crippen LogP contribution >= 0.6 is 0 Å². The van der Waals surface area contributed by atoms with Gasteiger partial charge in [0.25, 0.3) is 11.5 Å². The summed E-state index contributed by atoms with van der Waals surface area (Å²) in [5.41, 5.74) is 0.0316. The van der Waals surface area contributed by atoms with Gasteiger partial charge in [-0.2, -0.15) is 10.2 Å². The van der Waals surface area contributed by atoms with Crippen molar-refractivity contribution in [3.05, 3.63) is 52.6 Å². The van der Waals surface area contributed by atoms with Crippen LogP contribution in [0, 0.1) is 0 Å². The third kappa shape index (κ3) is 2.61. The summed E-state index contributed by atoms with van der Waals surface area (Å²) in [4.78, 5) is 24.9. The molecule has 23 heavy (non-hydrogen) atoms. The normalized spacial score (nSPS) is 10.9. The Labute approximate surface area is 132 Å². The van der Waals surface area contributed by atoms with Crippen LogP contribution in [0.25, 0.3) is 10.8 Å². The van der Waals surface area contributed by atoms with E-state index in [4.69, 9.17) is 0 Å². The summed E-state index contributed by atoms with van der Waals surface area (Å²) < 4.78 is 2.98. The molecule has 3 rings (SSSR count). The van der Waals surface area contributed by atoms with Gasteiger partial charge in [-0.15, -0.1) is 0 Å². The largest absolute Gasteiger partial charge is 0.305 e. The molecule has 0 atom stereocenters. The fourth-order valence-electron chi connectivity index (χ4n) is 2.48. The molecule has 0 fully saturated rings. The molecule has 2 heterocycles. The van der Waals surface area contributed by atoms with Crippen molar-refractivity contribution >= 4 is 22.5 Å². The molecule has 0 aliphatic rings. The highest BCUT2D eigenvalue weighted by atomic mass is 16.2. The molecule has 0 radical (unpaired) electrons. The zero-order chi connectivity index (χ0) is 16.4. The smallest absolute Gasteiger partial charge is 0.277 e. The first-order valence-corrected chi connectivity index (χ1v) is 7.48. The lowest BCUT2D eigenvalue weighted by atomic mass is 10.1. The summed E-state index contributed by atoms with van der Waals surface area (Å²) in [6.45, 7) is 4.80. The maximum Gasteiger partial charge on any atom is 0.277 e. The first kappa shape index (κ1) is 15.0. The van der Waals surface area contributed by atoms with E-state index in [-0.39, 0.29) is 17.2 Å². The average Bonchev–Trinajstić information content (AvgIpc) is 3.02. The summed E-state index contributed by atoms with van der Waals surface area (Å²) >= 11 is 0. The van der Waals surface area contributed by atoms with Crippen LogP contribution in [0.2, 0.25) is 0 Å². The first-order chi connectivity index (χ1) is 11.2. The predicted molar refractivity (Wildman–Crippen MR) is 87.5 cm³/mol. The van der Waals surface area contributed by atoms with Crippen molar-refractivity contribution in [1.29, 1.82) is 0 Å². The number of aryl methyl sites for hydroxylation is 2. The van der Waals surface area contributed by atoms with Crippen molar-refractivity contribution in [2.24, 2.45) is 0 Å². The van der Waals surface area contributed by atoms with E-state index in [1.807, 2.05) is 13.8 Å². The van der Waals surface area contributed by atoms with E-state index in [2.05, 4.69) is 15.5 Å². The Morgan fingerprint density at radius 1 is 1.09 bits per heavy atom. The van der Waals surface area contributed by atoms with Crippen molar-refractivity contribution in [3.8, 4) is 0 Å². The van der Waals surface area contributed by atoms with E-state index in [9.17, 15) is 9.59 Å². The number of anilines is 1. The molecule has 0 spiro atoms. The number of amides is 1. The Morgan fingerprint density at radius 3 is 2.48 bits per heavy atom. The Morgan fingerprint density at radius 2 is 1.78 bits per heavy atom. The molecule has 0 saturated heterocycles. The van der Waals surface area contributed by atoms with Crippen LogP contribution in [0.3, 0.4) is 0 Å². The minimum absolute atomic E-state index is 0.196. The van der Waals surface area contributed by atoms with E-state index in [0.29, 0.717) is 29.7 Å². The summed E-state index contributed by atoms with van der Waals surface area (Å²) in [5, 5.41) is 12.2. The number of hydrogen-bond donors (Lipinski definition) is 1. The van der Waals surface area contributed by atoms with Crippen molar-refractivity contribution < 1.29 is 4.79 Å². The molecule has 1 N–H and O–H groups in total. The van der Waals surface area contributed by atoms with Crippen LogP contribution in [-0.4, -0.2) is 25.5 Å². The van der Waals surface area contributed by atoms with Crippen LogP contribution in [0.5, 0.6) is 0 Å². The Balaban J connectivity index is 2.10. The minimum Gasteiger partial charge on any atom is -0.305 e. The molecule has 0 aliphatic heterocycles. The van der Waals surface area contributed by atoms with Crippen molar-refractivity contribution in [2.75, 3.05) is 5.32 Å². The highest BCUT2D eigenvalue weighted by Gasteiger charge is 2.17. The zero-order valence-electron chi connectivity index (χ0n) is 13.0. The van der Waals surface area contributed by atoms with Crippen molar-refractivity contribution in [1.82, 2.24) is 19.6 Å². The third-order valence-electron chi connectivity index (χ3n) is 3.64. The summed E-state index contributed by atoms with van der Waals surface area (Å²) in [5.74, 6) is 0.233. The molecule has 7 heteroatoms. The molecular formula is C16H17N5O2. The quantitative estimate of drug-likeness (QED) is 0.797. The van der Waals surface area contributed by atoms with E-state index in [1.54, 1.807) is 41.2 Å². The summed E-state index contributed by atoms with van der Waals surface area (Å²) in [7, 11) is 0. The molecule has 0 aliphatic carbocycles. The number of nitrogens with one attached hydrogen (secondary N) is 1. The second kappa shape index (κ2) is 6.04. The van der Waals surface area contributed by atoms with Gasteiger partial charge in [-0.3, -0.25) is 9.59 Å².